The van der Waals surface area contributed by atoms with Gasteiger partial charge in [-0.15, -0.1) is 0 Å². The molecule has 0 aliphatic carbocycles. The number of hydrogen-bond acceptors (Lipinski definition) is 7. The number of aromatic nitrogens is 6. The zero-order valence-corrected chi connectivity index (χ0v) is 17.5. The molecular formula is C21H26N8O. The van der Waals surface area contributed by atoms with Crippen LogP contribution < -0.4 is 15.4 Å². The van der Waals surface area contributed by atoms with Crippen LogP contribution in [0.25, 0.3) is 28.1 Å². The third-order valence-electron chi connectivity index (χ3n) is 4.77. The second kappa shape index (κ2) is 8.91. The van der Waals surface area contributed by atoms with E-state index < -0.39 is 0 Å². The molecule has 0 bridgehead atoms. The van der Waals surface area contributed by atoms with Crippen LogP contribution >= 0.6 is 0 Å². The van der Waals surface area contributed by atoms with Gasteiger partial charge in [0.15, 0.2) is 5.65 Å². The van der Waals surface area contributed by atoms with E-state index in [1.165, 1.54) is 0 Å². The van der Waals surface area contributed by atoms with Crippen molar-refractivity contribution < 1.29 is 4.74 Å². The molecule has 0 fully saturated rings. The molecule has 9 nitrogen and oxygen atoms in total. The van der Waals surface area contributed by atoms with Gasteiger partial charge >= 0.3 is 0 Å². The van der Waals surface area contributed by atoms with Crippen LogP contribution in [0.1, 0.15) is 13.3 Å². The first-order chi connectivity index (χ1) is 14.7. The van der Waals surface area contributed by atoms with Crippen molar-refractivity contribution in [1.82, 2.24) is 34.6 Å². The lowest BCUT2D eigenvalue weighted by molar-refractivity contribution is 0.401. The standard InChI is InChI=1S/C21H26N8O/c1-4-22-9-6-10-23-18-7-5-8-19(26-18)29-14-24-17-11-16(15-12-25-28(2)13-15)21(30-3)27-20(17)29/h5,7-8,11-14,22H,4,6,9-10H2,1-3H3,(H,23,26). The molecule has 0 aliphatic rings. The fourth-order valence-electron chi connectivity index (χ4n) is 3.28. The molecule has 0 spiro atoms. The SMILES string of the molecule is CCNCCCNc1cccc(-n2cnc3cc(-c4cnn(C)c4)c(OC)nc32)n1. The minimum absolute atomic E-state index is 0.523. The van der Waals surface area contributed by atoms with Crippen LogP contribution in [-0.4, -0.2) is 56.0 Å². The fourth-order valence-corrected chi connectivity index (χ4v) is 3.28. The van der Waals surface area contributed by atoms with Crippen molar-refractivity contribution >= 4 is 17.0 Å². The summed E-state index contributed by atoms with van der Waals surface area (Å²) in [7, 11) is 3.49. The maximum absolute atomic E-state index is 5.56. The van der Waals surface area contributed by atoms with Crippen LogP contribution in [0, 0.1) is 0 Å². The predicted molar refractivity (Wildman–Crippen MR) is 117 cm³/mol. The average molecular weight is 406 g/mol. The Morgan fingerprint density at radius 3 is 2.83 bits per heavy atom. The second-order valence-electron chi connectivity index (χ2n) is 6.92. The van der Waals surface area contributed by atoms with Gasteiger partial charge in [0.25, 0.3) is 0 Å². The highest BCUT2D eigenvalue weighted by Crippen LogP contribution is 2.31. The monoisotopic (exact) mass is 406 g/mol. The Morgan fingerprint density at radius 1 is 1.17 bits per heavy atom. The lowest BCUT2D eigenvalue weighted by Gasteiger charge is -2.10. The van der Waals surface area contributed by atoms with E-state index in [0.717, 1.165) is 54.3 Å². The number of aryl methyl sites for hydroxylation is 1. The van der Waals surface area contributed by atoms with Gasteiger partial charge in [-0.25, -0.2) is 9.97 Å². The quantitative estimate of drug-likeness (QED) is 0.413. The minimum Gasteiger partial charge on any atom is -0.480 e. The Kier molecular flexibility index (Phi) is 5.89. The molecule has 156 valence electrons. The molecule has 4 heterocycles. The van der Waals surface area contributed by atoms with Crippen LogP contribution in [0.5, 0.6) is 5.88 Å². The van der Waals surface area contributed by atoms with Crippen LogP contribution in [0.2, 0.25) is 0 Å². The Hall–Kier alpha value is -3.46. The maximum atomic E-state index is 5.56. The largest absolute Gasteiger partial charge is 0.480 e. The average Bonchev–Trinajstić information content (AvgIpc) is 3.38. The zero-order chi connectivity index (χ0) is 20.9. The molecule has 30 heavy (non-hydrogen) atoms. The summed E-state index contributed by atoms with van der Waals surface area (Å²) in [6, 6.07) is 7.85. The van der Waals surface area contributed by atoms with E-state index >= 15 is 0 Å². The number of anilines is 1. The Morgan fingerprint density at radius 2 is 2.07 bits per heavy atom. The predicted octanol–water partition coefficient (Wildman–Crippen LogP) is 2.64. The van der Waals surface area contributed by atoms with Gasteiger partial charge < -0.3 is 15.4 Å². The van der Waals surface area contributed by atoms with Crippen molar-refractivity contribution in [1.29, 1.82) is 0 Å². The number of nitrogens with one attached hydrogen (secondary N) is 2. The topological polar surface area (TPSA) is 94.7 Å². The summed E-state index contributed by atoms with van der Waals surface area (Å²) in [6.45, 7) is 4.93. The van der Waals surface area contributed by atoms with E-state index in [-0.39, 0.29) is 0 Å². The molecule has 0 aromatic carbocycles. The van der Waals surface area contributed by atoms with Crippen LogP contribution in [0.4, 0.5) is 5.82 Å². The second-order valence-corrected chi connectivity index (χ2v) is 6.92. The van der Waals surface area contributed by atoms with Gasteiger partial charge in [0, 0.05) is 30.9 Å². The van der Waals surface area contributed by atoms with Gasteiger partial charge in [-0.2, -0.15) is 10.1 Å². The van der Waals surface area contributed by atoms with Gasteiger partial charge in [0.05, 0.1) is 13.3 Å². The highest BCUT2D eigenvalue weighted by Gasteiger charge is 2.16. The first-order valence-corrected chi connectivity index (χ1v) is 10.0. The van der Waals surface area contributed by atoms with Gasteiger partial charge in [-0.1, -0.05) is 13.0 Å². The van der Waals surface area contributed by atoms with Crippen molar-refractivity contribution in [3.63, 3.8) is 0 Å². The molecule has 4 aromatic rings. The number of fused-ring (bicyclic) bond motifs is 1. The number of hydrogen-bond donors (Lipinski definition) is 2. The fraction of sp³-hybridized carbons (Fsp3) is 0.333. The molecule has 0 radical (unpaired) electrons. The Labute approximate surface area is 175 Å². The summed E-state index contributed by atoms with van der Waals surface area (Å²) < 4.78 is 9.18. The van der Waals surface area contributed by atoms with Gasteiger partial charge in [0.2, 0.25) is 5.88 Å². The third-order valence-corrected chi connectivity index (χ3v) is 4.77. The summed E-state index contributed by atoms with van der Waals surface area (Å²) in [5.74, 6) is 2.10. The smallest absolute Gasteiger partial charge is 0.223 e. The van der Waals surface area contributed by atoms with E-state index in [4.69, 9.17) is 14.7 Å². The number of methoxy groups -OCH3 is 1. The molecule has 0 saturated carbocycles. The third kappa shape index (κ3) is 4.11. The summed E-state index contributed by atoms with van der Waals surface area (Å²) in [5, 5.41) is 10.9. The summed E-state index contributed by atoms with van der Waals surface area (Å²) in [4.78, 5) is 14.0. The molecule has 0 aliphatic heterocycles. The van der Waals surface area contributed by atoms with Crippen molar-refractivity contribution in [3.05, 3.63) is 43.0 Å². The Balaban J connectivity index is 1.63. The van der Waals surface area contributed by atoms with E-state index in [0.29, 0.717) is 11.5 Å². The number of ether oxygens (including phenoxy) is 1. The first-order valence-electron chi connectivity index (χ1n) is 10.0. The molecule has 0 atom stereocenters. The first kappa shape index (κ1) is 19.8. The molecule has 4 rings (SSSR count). The van der Waals surface area contributed by atoms with Gasteiger partial charge in [-0.05, 0) is 37.7 Å². The van der Waals surface area contributed by atoms with E-state index in [9.17, 15) is 0 Å². The number of pyridine rings is 2. The molecule has 4 aromatic heterocycles. The lowest BCUT2D eigenvalue weighted by atomic mass is 10.1. The molecule has 9 heteroatoms. The van der Waals surface area contributed by atoms with Gasteiger partial charge in [-0.3, -0.25) is 9.25 Å². The van der Waals surface area contributed by atoms with Crippen molar-refractivity contribution in [2.45, 2.75) is 13.3 Å². The van der Waals surface area contributed by atoms with Crippen LogP contribution in [-0.2, 0) is 7.05 Å². The summed E-state index contributed by atoms with van der Waals surface area (Å²) in [5.41, 5.74) is 3.24. The summed E-state index contributed by atoms with van der Waals surface area (Å²) in [6.07, 6.45) is 6.48. The molecule has 0 amide bonds. The number of rotatable bonds is 9. The van der Waals surface area contributed by atoms with Crippen molar-refractivity contribution in [2.75, 3.05) is 32.1 Å². The highest BCUT2D eigenvalue weighted by atomic mass is 16.5. The van der Waals surface area contributed by atoms with Crippen molar-refractivity contribution in [2.24, 2.45) is 7.05 Å². The van der Waals surface area contributed by atoms with Gasteiger partial charge in [0.1, 0.15) is 23.5 Å². The van der Waals surface area contributed by atoms with Crippen LogP contribution in [0.3, 0.4) is 0 Å². The Bertz CT molecular complexity index is 1130. The highest BCUT2D eigenvalue weighted by molar-refractivity contribution is 5.82. The molecule has 0 unspecified atom stereocenters. The zero-order valence-electron chi connectivity index (χ0n) is 17.5. The molecule has 2 N–H and O–H groups in total. The molecule has 0 saturated heterocycles. The minimum atomic E-state index is 0.523. The summed E-state index contributed by atoms with van der Waals surface area (Å²) >= 11 is 0. The number of nitrogens with zero attached hydrogens (tertiary/aromatic N) is 6. The van der Waals surface area contributed by atoms with Crippen LogP contribution in [0.15, 0.2) is 43.0 Å². The van der Waals surface area contributed by atoms with E-state index in [1.807, 2.05) is 42.1 Å². The maximum Gasteiger partial charge on any atom is 0.223 e. The van der Waals surface area contributed by atoms with Crippen molar-refractivity contribution in [3.8, 4) is 22.8 Å². The van der Waals surface area contributed by atoms with E-state index in [2.05, 4.69) is 27.6 Å². The molecular weight excluding hydrogens is 380 g/mol. The normalized spacial score (nSPS) is 11.2. The van der Waals surface area contributed by atoms with E-state index in [1.54, 1.807) is 24.3 Å². The lowest BCUT2D eigenvalue weighted by Crippen LogP contribution is -2.17. The number of imidazole rings is 1.